The van der Waals surface area contributed by atoms with Gasteiger partial charge in [0.05, 0.1) is 25.1 Å². The van der Waals surface area contributed by atoms with Gasteiger partial charge in [0.15, 0.2) is 4.96 Å². The smallest absolute Gasteiger partial charge is 0.226 e. The number of hydrogen-bond acceptors (Lipinski definition) is 9. The van der Waals surface area contributed by atoms with Gasteiger partial charge in [-0.25, -0.2) is 15.0 Å². The monoisotopic (exact) mass is 531 g/mol. The molecule has 9 nitrogen and oxygen atoms in total. The summed E-state index contributed by atoms with van der Waals surface area (Å²) in [7, 11) is 2.05. The molecule has 1 atom stereocenters. The SMILES string of the molecule is C[C@H]1COCCN1CCN(C)c1ncc2c(n1)sc1nc(-c3ccc(-c4cc(C(C)(C)C)on4)cc3)cn12. The molecule has 1 aromatic carbocycles. The van der Waals surface area contributed by atoms with Crippen LogP contribution in [-0.2, 0) is 10.2 Å². The first-order valence-corrected chi connectivity index (χ1v) is 13.8. The average Bonchev–Trinajstić information content (AvgIpc) is 3.63. The van der Waals surface area contributed by atoms with Gasteiger partial charge in [0.1, 0.15) is 21.8 Å². The fourth-order valence-corrected chi connectivity index (χ4v) is 5.61. The molecule has 198 valence electrons. The molecule has 10 heteroatoms. The fraction of sp³-hybridized carbons (Fsp3) is 0.429. The van der Waals surface area contributed by atoms with Crippen LogP contribution in [-0.4, -0.2) is 75.3 Å². The number of fused-ring (bicyclic) bond motifs is 3. The lowest BCUT2D eigenvalue weighted by Crippen LogP contribution is -2.46. The van der Waals surface area contributed by atoms with Crippen LogP contribution in [0.1, 0.15) is 33.5 Å². The standard InChI is InChI=1S/C28H33N7O2S/c1-18-17-36-13-12-34(18)11-10-33(5)26-29-15-23-25(31-26)38-27-30-22(16-35(23)27)20-8-6-19(7-9-20)21-14-24(37-32-21)28(2,3)4/h6-9,14-16,18H,10-13,17H2,1-5H3/t18-/m0/s1. The predicted molar refractivity (Wildman–Crippen MR) is 151 cm³/mol. The summed E-state index contributed by atoms with van der Waals surface area (Å²) < 4.78 is 13.2. The van der Waals surface area contributed by atoms with Crippen LogP contribution in [0.3, 0.4) is 0 Å². The lowest BCUT2D eigenvalue weighted by molar-refractivity contribution is 0.00123. The van der Waals surface area contributed by atoms with Crippen molar-refractivity contribution in [3.63, 3.8) is 0 Å². The van der Waals surface area contributed by atoms with Crippen molar-refractivity contribution in [1.29, 1.82) is 0 Å². The second-order valence-corrected chi connectivity index (χ2v) is 12.0. The predicted octanol–water partition coefficient (Wildman–Crippen LogP) is 5.12. The molecule has 0 saturated carbocycles. The van der Waals surface area contributed by atoms with Crippen LogP contribution in [0.2, 0.25) is 0 Å². The Morgan fingerprint density at radius 3 is 2.58 bits per heavy atom. The van der Waals surface area contributed by atoms with Crippen molar-refractivity contribution in [2.24, 2.45) is 0 Å². The number of hydrogen-bond donors (Lipinski definition) is 0. The molecule has 5 heterocycles. The van der Waals surface area contributed by atoms with Crippen LogP contribution in [0.4, 0.5) is 5.95 Å². The van der Waals surface area contributed by atoms with E-state index >= 15 is 0 Å². The number of aromatic nitrogens is 5. The molecule has 0 spiro atoms. The molecule has 1 aliphatic heterocycles. The minimum Gasteiger partial charge on any atom is -0.379 e. The van der Waals surface area contributed by atoms with Crippen LogP contribution < -0.4 is 4.90 Å². The molecule has 5 aromatic rings. The van der Waals surface area contributed by atoms with E-state index in [2.05, 4.69) is 89.5 Å². The van der Waals surface area contributed by atoms with Gasteiger partial charge in [0, 0.05) is 61.5 Å². The van der Waals surface area contributed by atoms with E-state index in [0.29, 0.717) is 6.04 Å². The molecule has 38 heavy (non-hydrogen) atoms. The maximum absolute atomic E-state index is 5.55. The molecular weight excluding hydrogens is 498 g/mol. The number of nitrogens with zero attached hydrogens (tertiary/aromatic N) is 7. The minimum atomic E-state index is -0.0718. The average molecular weight is 532 g/mol. The van der Waals surface area contributed by atoms with Crippen LogP contribution in [0, 0.1) is 0 Å². The molecule has 1 aliphatic rings. The molecule has 6 rings (SSSR count). The van der Waals surface area contributed by atoms with E-state index in [0.717, 1.165) is 82.4 Å². The number of imidazole rings is 1. The second kappa shape index (κ2) is 9.76. The van der Waals surface area contributed by atoms with Crippen LogP contribution in [0.25, 0.3) is 37.8 Å². The highest BCUT2D eigenvalue weighted by Gasteiger charge is 2.21. The fourth-order valence-electron chi connectivity index (χ4n) is 4.66. The van der Waals surface area contributed by atoms with Crippen LogP contribution in [0.15, 0.2) is 47.2 Å². The van der Waals surface area contributed by atoms with Gasteiger partial charge >= 0.3 is 0 Å². The number of rotatable bonds is 6. The van der Waals surface area contributed by atoms with Crippen LogP contribution in [0.5, 0.6) is 0 Å². The molecule has 0 N–H and O–H groups in total. The Balaban J connectivity index is 1.18. The molecule has 0 aliphatic carbocycles. The normalized spacial score (nSPS) is 17.0. The van der Waals surface area contributed by atoms with E-state index in [1.807, 2.05) is 12.3 Å². The molecule has 0 amide bonds. The Labute approximate surface area is 226 Å². The van der Waals surface area contributed by atoms with Gasteiger partial charge in [-0.1, -0.05) is 61.5 Å². The van der Waals surface area contributed by atoms with Crippen molar-refractivity contribution in [2.75, 3.05) is 44.8 Å². The topological polar surface area (TPSA) is 84.8 Å². The van der Waals surface area contributed by atoms with E-state index in [1.54, 1.807) is 11.3 Å². The van der Waals surface area contributed by atoms with Crippen LogP contribution >= 0.6 is 11.3 Å². The summed E-state index contributed by atoms with van der Waals surface area (Å²) >= 11 is 1.59. The number of morpholine rings is 1. The van der Waals surface area contributed by atoms with Gasteiger partial charge in [0.2, 0.25) is 5.95 Å². The van der Waals surface area contributed by atoms with Gasteiger partial charge in [-0.3, -0.25) is 9.30 Å². The van der Waals surface area contributed by atoms with E-state index in [4.69, 9.17) is 19.2 Å². The van der Waals surface area contributed by atoms with Crippen molar-refractivity contribution >= 4 is 32.6 Å². The molecule has 4 aromatic heterocycles. The maximum atomic E-state index is 5.55. The van der Waals surface area contributed by atoms with Gasteiger partial charge in [-0.15, -0.1) is 0 Å². The van der Waals surface area contributed by atoms with Crippen molar-refractivity contribution in [2.45, 2.75) is 39.2 Å². The minimum absolute atomic E-state index is 0.0718. The molecule has 1 saturated heterocycles. The van der Waals surface area contributed by atoms with Crippen molar-refractivity contribution in [3.05, 3.63) is 48.5 Å². The number of benzene rings is 1. The first-order valence-electron chi connectivity index (χ1n) is 13.0. The Morgan fingerprint density at radius 1 is 1.11 bits per heavy atom. The molecule has 0 bridgehead atoms. The summed E-state index contributed by atoms with van der Waals surface area (Å²) in [5.41, 5.74) is 4.73. The number of ether oxygens (including phenoxy) is 1. The molecule has 1 fully saturated rings. The molecule has 0 radical (unpaired) electrons. The zero-order chi connectivity index (χ0) is 26.4. The van der Waals surface area contributed by atoms with Crippen molar-refractivity contribution in [1.82, 2.24) is 29.4 Å². The second-order valence-electron chi connectivity index (χ2n) is 11.0. The van der Waals surface area contributed by atoms with Gasteiger partial charge in [-0.05, 0) is 6.92 Å². The lowest BCUT2D eigenvalue weighted by atomic mass is 9.93. The highest BCUT2D eigenvalue weighted by molar-refractivity contribution is 7.23. The van der Waals surface area contributed by atoms with Gasteiger partial charge < -0.3 is 14.2 Å². The zero-order valence-corrected chi connectivity index (χ0v) is 23.3. The van der Waals surface area contributed by atoms with E-state index in [9.17, 15) is 0 Å². The van der Waals surface area contributed by atoms with Crippen molar-refractivity contribution in [3.8, 4) is 22.5 Å². The number of likely N-dealkylation sites (N-methyl/N-ethyl adjacent to an activating group) is 1. The van der Waals surface area contributed by atoms with E-state index < -0.39 is 0 Å². The molecular formula is C28H33N7O2S. The number of anilines is 1. The third kappa shape index (κ3) is 4.79. The first-order chi connectivity index (χ1) is 18.3. The van der Waals surface area contributed by atoms with Crippen molar-refractivity contribution < 1.29 is 9.26 Å². The Bertz CT molecular complexity index is 1560. The summed E-state index contributed by atoms with van der Waals surface area (Å²) in [4.78, 5) is 20.8. The number of thiazole rings is 1. The maximum Gasteiger partial charge on any atom is 0.226 e. The van der Waals surface area contributed by atoms with E-state index in [1.165, 1.54) is 0 Å². The first kappa shape index (κ1) is 25.0. The zero-order valence-electron chi connectivity index (χ0n) is 22.5. The lowest BCUT2D eigenvalue weighted by Gasteiger charge is -2.34. The Hall–Kier alpha value is -3.34. The third-order valence-electron chi connectivity index (χ3n) is 7.14. The highest BCUT2D eigenvalue weighted by Crippen LogP contribution is 2.31. The highest BCUT2D eigenvalue weighted by atomic mass is 32.1. The molecule has 0 unspecified atom stereocenters. The Kier molecular flexibility index (Phi) is 6.41. The summed E-state index contributed by atoms with van der Waals surface area (Å²) in [5.74, 6) is 1.61. The summed E-state index contributed by atoms with van der Waals surface area (Å²) in [6.45, 7) is 13.0. The Morgan fingerprint density at radius 2 is 1.87 bits per heavy atom. The summed E-state index contributed by atoms with van der Waals surface area (Å²) in [6, 6.07) is 10.7. The summed E-state index contributed by atoms with van der Waals surface area (Å²) in [5, 5.41) is 4.26. The third-order valence-corrected chi connectivity index (χ3v) is 8.10. The quantitative estimate of drug-likeness (QED) is 0.299. The van der Waals surface area contributed by atoms with E-state index in [-0.39, 0.29) is 5.41 Å². The van der Waals surface area contributed by atoms with Gasteiger partial charge in [0.25, 0.3) is 0 Å². The van der Waals surface area contributed by atoms with Gasteiger partial charge in [-0.2, -0.15) is 0 Å². The largest absolute Gasteiger partial charge is 0.379 e. The summed E-state index contributed by atoms with van der Waals surface area (Å²) in [6.07, 6.45) is 3.96.